The topological polar surface area (TPSA) is 69.6 Å². The molecule has 2 rings (SSSR count). The number of carbonyl (C=O) groups is 1. The third-order valence-electron chi connectivity index (χ3n) is 3.14. The number of nitrogens with one attached hydrogen (secondary N) is 1. The molecule has 0 aliphatic carbocycles. The van der Waals surface area contributed by atoms with Crippen LogP contribution >= 0.6 is 23.2 Å². The number of amides is 1. The average molecular weight is 326 g/mol. The van der Waals surface area contributed by atoms with Crippen molar-refractivity contribution in [3.8, 4) is 0 Å². The summed E-state index contributed by atoms with van der Waals surface area (Å²) >= 11 is 11.7. The number of aliphatic hydroxyl groups is 1. The SMILES string of the molecule is O=C(O)NCC(O)(c1ccc(Cl)cc1)c1ccc(Cl)cc1. The molecule has 1 amide bonds. The summed E-state index contributed by atoms with van der Waals surface area (Å²) in [6, 6.07) is 13.2. The Balaban J connectivity index is 2.44. The molecule has 0 bridgehead atoms. The Morgan fingerprint density at radius 1 is 0.952 bits per heavy atom. The maximum absolute atomic E-state index is 11.0. The van der Waals surface area contributed by atoms with Crippen molar-refractivity contribution < 1.29 is 15.0 Å². The van der Waals surface area contributed by atoms with Crippen LogP contribution in [0, 0.1) is 0 Å². The Bertz CT molecular complexity index is 581. The summed E-state index contributed by atoms with van der Waals surface area (Å²) in [5.41, 5.74) is -0.445. The second-order valence-electron chi connectivity index (χ2n) is 4.53. The van der Waals surface area contributed by atoms with Crippen molar-refractivity contribution in [2.24, 2.45) is 0 Å². The van der Waals surface area contributed by atoms with Crippen LogP contribution in [-0.2, 0) is 5.60 Å². The number of carboxylic acid groups (broad SMARTS) is 1. The zero-order valence-corrected chi connectivity index (χ0v) is 12.4. The zero-order valence-electron chi connectivity index (χ0n) is 10.9. The predicted octanol–water partition coefficient (Wildman–Crippen LogP) is 3.50. The van der Waals surface area contributed by atoms with Gasteiger partial charge in [-0.25, -0.2) is 4.79 Å². The second-order valence-corrected chi connectivity index (χ2v) is 5.41. The molecule has 0 fully saturated rings. The first kappa shape index (κ1) is 15.6. The fourth-order valence-electron chi connectivity index (χ4n) is 2.03. The van der Waals surface area contributed by atoms with E-state index in [-0.39, 0.29) is 6.54 Å². The summed E-state index contributed by atoms with van der Waals surface area (Å²) in [5.74, 6) is 0. The van der Waals surface area contributed by atoms with Gasteiger partial charge in [0.1, 0.15) is 5.60 Å². The molecule has 0 unspecified atom stereocenters. The van der Waals surface area contributed by atoms with Crippen LogP contribution in [0.1, 0.15) is 11.1 Å². The van der Waals surface area contributed by atoms with Crippen LogP contribution in [0.15, 0.2) is 48.5 Å². The average Bonchev–Trinajstić information content (AvgIpc) is 2.46. The molecule has 0 saturated heterocycles. The van der Waals surface area contributed by atoms with Crippen LogP contribution in [0.5, 0.6) is 0 Å². The Hall–Kier alpha value is -1.75. The minimum atomic E-state index is -1.51. The molecule has 0 atom stereocenters. The highest BCUT2D eigenvalue weighted by Crippen LogP contribution is 2.30. The van der Waals surface area contributed by atoms with E-state index in [1.54, 1.807) is 48.5 Å². The molecular formula is C15H13Cl2NO3. The smallest absolute Gasteiger partial charge is 0.404 e. The van der Waals surface area contributed by atoms with Crippen molar-refractivity contribution in [2.45, 2.75) is 5.60 Å². The lowest BCUT2D eigenvalue weighted by Gasteiger charge is -2.29. The third kappa shape index (κ3) is 3.67. The van der Waals surface area contributed by atoms with Gasteiger partial charge in [-0.05, 0) is 35.4 Å². The Kier molecular flexibility index (Phi) is 4.73. The van der Waals surface area contributed by atoms with Gasteiger partial charge in [-0.1, -0.05) is 47.5 Å². The normalized spacial score (nSPS) is 11.2. The van der Waals surface area contributed by atoms with Gasteiger partial charge in [0.15, 0.2) is 0 Å². The summed E-state index contributed by atoms with van der Waals surface area (Å²) in [6.07, 6.45) is -1.21. The van der Waals surface area contributed by atoms with Crippen LogP contribution in [0.25, 0.3) is 0 Å². The summed E-state index contributed by atoms with van der Waals surface area (Å²) in [7, 11) is 0. The molecule has 0 radical (unpaired) electrons. The minimum absolute atomic E-state index is 0.189. The van der Waals surface area contributed by atoms with Crippen LogP contribution in [0.4, 0.5) is 4.79 Å². The number of hydrogen-bond acceptors (Lipinski definition) is 2. The number of rotatable bonds is 4. The maximum atomic E-state index is 11.0. The summed E-state index contributed by atoms with van der Waals surface area (Å²) in [6.45, 7) is -0.189. The molecule has 4 nitrogen and oxygen atoms in total. The van der Waals surface area contributed by atoms with Gasteiger partial charge < -0.3 is 15.5 Å². The van der Waals surface area contributed by atoms with Gasteiger partial charge in [-0.3, -0.25) is 0 Å². The highest BCUT2D eigenvalue weighted by molar-refractivity contribution is 6.30. The van der Waals surface area contributed by atoms with E-state index >= 15 is 0 Å². The van der Waals surface area contributed by atoms with Crippen molar-refractivity contribution >= 4 is 29.3 Å². The molecule has 0 saturated carbocycles. The lowest BCUT2D eigenvalue weighted by atomic mass is 9.86. The zero-order chi connectivity index (χ0) is 15.5. The van der Waals surface area contributed by atoms with E-state index < -0.39 is 11.7 Å². The van der Waals surface area contributed by atoms with E-state index in [1.807, 2.05) is 0 Å². The van der Waals surface area contributed by atoms with E-state index in [2.05, 4.69) is 5.32 Å². The van der Waals surface area contributed by atoms with Gasteiger partial charge in [-0.15, -0.1) is 0 Å². The minimum Gasteiger partial charge on any atom is -0.465 e. The molecule has 0 aliphatic heterocycles. The van der Waals surface area contributed by atoms with Gasteiger partial charge in [0.2, 0.25) is 0 Å². The molecule has 0 aliphatic rings. The molecule has 2 aromatic rings. The Labute approximate surface area is 131 Å². The van der Waals surface area contributed by atoms with Crippen molar-refractivity contribution in [2.75, 3.05) is 6.54 Å². The van der Waals surface area contributed by atoms with Gasteiger partial charge in [0, 0.05) is 10.0 Å². The standard InChI is InChI=1S/C15H13Cl2NO3/c16-12-5-1-10(2-6-12)15(21,9-18-14(19)20)11-3-7-13(17)8-4-11/h1-8,18,21H,9H2,(H,19,20). The Morgan fingerprint density at radius 3 is 1.67 bits per heavy atom. The first-order valence-electron chi connectivity index (χ1n) is 6.13. The Morgan fingerprint density at radius 2 is 1.33 bits per heavy atom. The van der Waals surface area contributed by atoms with Crippen LogP contribution < -0.4 is 5.32 Å². The quantitative estimate of drug-likeness (QED) is 0.805. The lowest BCUT2D eigenvalue weighted by Crippen LogP contribution is -2.41. The van der Waals surface area contributed by atoms with E-state index in [4.69, 9.17) is 28.3 Å². The molecule has 2 aromatic carbocycles. The molecule has 6 heteroatoms. The van der Waals surface area contributed by atoms with Gasteiger partial charge in [0.25, 0.3) is 0 Å². The second kappa shape index (κ2) is 6.35. The fraction of sp³-hybridized carbons (Fsp3) is 0.133. The number of halogens is 2. The van der Waals surface area contributed by atoms with Gasteiger partial charge >= 0.3 is 6.09 Å². The number of hydrogen-bond donors (Lipinski definition) is 3. The van der Waals surface area contributed by atoms with Crippen LogP contribution in [-0.4, -0.2) is 22.9 Å². The molecule has 0 spiro atoms. The summed E-state index contributed by atoms with van der Waals surface area (Å²) < 4.78 is 0. The largest absolute Gasteiger partial charge is 0.465 e. The molecule has 3 N–H and O–H groups in total. The van der Waals surface area contributed by atoms with Crippen LogP contribution in [0.2, 0.25) is 10.0 Å². The first-order chi connectivity index (χ1) is 9.91. The van der Waals surface area contributed by atoms with E-state index in [1.165, 1.54) is 0 Å². The van der Waals surface area contributed by atoms with Gasteiger partial charge in [-0.2, -0.15) is 0 Å². The van der Waals surface area contributed by atoms with E-state index in [9.17, 15) is 9.90 Å². The molecule has 21 heavy (non-hydrogen) atoms. The van der Waals surface area contributed by atoms with E-state index in [0.29, 0.717) is 21.2 Å². The molecule has 0 aromatic heterocycles. The van der Waals surface area contributed by atoms with Crippen molar-refractivity contribution in [3.63, 3.8) is 0 Å². The van der Waals surface area contributed by atoms with Crippen molar-refractivity contribution in [3.05, 3.63) is 69.7 Å². The number of benzene rings is 2. The highest BCUT2D eigenvalue weighted by Gasteiger charge is 2.32. The third-order valence-corrected chi connectivity index (χ3v) is 3.64. The summed E-state index contributed by atoms with van der Waals surface area (Å²) in [5, 5.41) is 23.0. The monoisotopic (exact) mass is 325 g/mol. The molecule has 0 heterocycles. The fourth-order valence-corrected chi connectivity index (χ4v) is 2.28. The first-order valence-corrected chi connectivity index (χ1v) is 6.89. The predicted molar refractivity (Wildman–Crippen MR) is 81.9 cm³/mol. The maximum Gasteiger partial charge on any atom is 0.404 e. The lowest BCUT2D eigenvalue weighted by molar-refractivity contribution is 0.0787. The van der Waals surface area contributed by atoms with E-state index in [0.717, 1.165) is 0 Å². The van der Waals surface area contributed by atoms with Crippen molar-refractivity contribution in [1.82, 2.24) is 5.32 Å². The summed E-state index contributed by atoms with van der Waals surface area (Å²) in [4.78, 5) is 10.8. The molecule has 110 valence electrons. The highest BCUT2D eigenvalue weighted by atomic mass is 35.5. The molecular weight excluding hydrogens is 313 g/mol. The van der Waals surface area contributed by atoms with Crippen LogP contribution in [0.3, 0.4) is 0 Å². The van der Waals surface area contributed by atoms with Gasteiger partial charge in [0.05, 0.1) is 6.54 Å². The van der Waals surface area contributed by atoms with Crippen molar-refractivity contribution in [1.29, 1.82) is 0 Å².